The van der Waals surface area contributed by atoms with Crippen LogP contribution in [0.1, 0.15) is 11.1 Å². The Bertz CT molecular complexity index is 773. The summed E-state index contributed by atoms with van der Waals surface area (Å²) in [4.78, 5) is 11.1. The van der Waals surface area contributed by atoms with Gasteiger partial charge in [-0.15, -0.1) is 0 Å². The highest BCUT2D eigenvalue weighted by Crippen LogP contribution is 2.23. The fourth-order valence-electron chi connectivity index (χ4n) is 2.33. The molecule has 0 bridgehead atoms. The number of nitrogens with one attached hydrogen (secondary N) is 2. The fourth-order valence-corrected chi connectivity index (χ4v) is 2.33. The summed E-state index contributed by atoms with van der Waals surface area (Å²) in [6.07, 6.45) is 0. The molecule has 2 aromatic carbocycles. The Hall–Kier alpha value is -3.08. The smallest absolute Gasteiger partial charge is 0.231 e. The molecule has 0 amide bonds. The van der Waals surface area contributed by atoms with Crippen molar-refractivity contribution in [2.24, 2.45) is 0 Å². The van der Waals surface area contributed by atoms with Crippen molar-refractivity contribution in [1.29, 1.82) is 0 Å². The number of benzene rings is 2. The molecule has 0 aliphatic rings. The molecule has 0 saturated carbocycles. The number of aryl methyl sites for hydroxylation is 2. The first-order valence-electron chi connectivity index (χ1n) is 8.23. The molecule has 5 nitrogen and oxygen atoms in total. The van der Waals surface area contributed by atoms with E-state index in [1.807, 2.05) is 49.3 Å². The summed E-state index contributed by atoms with van der Waals surface area (Å²) >= 11 is 0. The van der Waals surface area contributed by atoms with Crippen molar-refractivity contribution in [3.63, 3.8) is 0 Å². The topological polar surface area (TPSA) is 53.1 Å². The summed E-state index contributed by atoms with van der Waals surface area (Å²) in [6, 6.07) is 18.3. The summed E-state index contributed by atoms with van der Waals surface area (Å²) in [6.45, 7) is 4.14. The van der Waals surface area contributed by atoms with Crippen LogP contribution in [0.25, 0.3) is 0 Å². The maximum Gasteiger partial charge on any atom is 0.231 e. The second kappa shape index (κ2) is 7.21. The van der Waals surface area contributed by atoms with E-state index in [1.165, 1.54) is 11.1 Å². The van der Waals surface area contributed by atoms with E-state index in [0.717, 1.165) is 23.0 Å². The van der Waals surface area contributed by atoms with Crippen LogP contribution in [0.4, 0.5) is 29.0 Å². The molecule has 0 aliphatic heterocycles. The van der Waals surface area contributed by atoms with Crippen LogP contribution < -0.4 is 15.5 Å². The van der Waals surface area contributed by atoms with Gasteiger partial charge in [0, 0.05) is 31.5 Å². The van der Waals surface area contributed by atoms with Crippen LogP contribution in [0, 0.1) is 13.8 Å². The van der Waals surface area contributed by atoms with Crippen molar-refractivity contribution >= 4 is 29.0 Å². The van der Waals surface area contributed by atoms with Crippen molar-refractivity contribution in [2.75, 3.05) is 29.6 Å². The highest BCUT2D eigenvalue weighted by atomic mass is 15.2. The van der Waals surface area contributed by atoms with Crippen LogP contribution in [0.15, 0.2) is 54.6 Å². The van der Waals surface area contributed by atoms with E-state index >= 15 is 0 Å². The monoisotopic (exact) mass is 333 g/mol. The summed E-state index contributed by atoms with van der Waals surface area (Å²) < 4.78 is 0. The third-order valence-electron chi connectivity index (χ3n) is 3.80. The quantitative estimate of drug-likeness (QED) is 0.712. The van der Waals surface area contributed by atoms with Gasteiger partial charge in [-0.25, -0.2) is 0 Å². The number of aromatic nitrogens is 2. The predicted octanol–water partition coefficient (Wildman–Crippen LogP) is 4.65. The zero-order chi connectivity index (χ0) is 17.8. The second-order valence-corrected chi connectivity index (χ2v) is 6.31. The fraction of sp³-hybridized carbons (Fsp3) is 0.200. The average Bonchev–Trinajstić information content (AvgIpc) is 2.59. The maximum absolute atomic E-state index is 4.59. The van der Waals surface area contributed by atoms with Gasteiger partial charge >= 0.3 is 0 Å². The van der Waals surface area contributed by atoms with Gasteiger partial charge in [0.2, 0.25) is 5.95 Å². The molecule has 25 heavy (non-hydrogen) atoms. The minimum Gasteiger partial charge on any atom is -0.363 e. The van der Waals surface area contributed by atoms with Crippen LogP contribution >= 0.6 is 0 Å². The van der Waals surface area contributed by atoms with E-state index < -0.39 is 0 Å². The molecule has 0 radical (unpaired) electrons. The molecule has 128 valence electrons. The molecule has 3 rings (SSSR count). The lowest BCUT2D eigenvalue weighted by atomic mass is 10.2. The standard InChI is InChI=1S/C20H23N5/c1-14-5-9-16(10-6-14)21-18-13-19(25(3)4)24-20(23-18)22-17-11-7-15(2)8-12-17/h5-13H,1-4H3,(H2,21,22,23,24). The van der Waals surface area contributed by atoms with Crippen LogP contribution in [0.2, 0.25) is 0 Å². The van der Waals surface area contributed by atoms with Gasteiger partial charge in [-0.05, 0) is 38.1 Å². The normalized spacial score (nSPS) is 10.4. The summed E-state index contributed by atoms with van der Waals surface area (Å²) in [5.41, 5.74) is 4.40. The van der Waals surface area contributed by atoms with Gasteiger partial charge in [-0.3, -0.25) is 0 Å². The SMILES string of the molecule is Cc1ccc(Nc2cc(N(C)C)nc(Nc3ccc(C)cc3)n2)cc1. The number of hydrogen-bond acceptors (Lipinski definition) is 5. The van der Waals surface area contributed by atoms with E-state index in [0.29, 0.717) is 5.95 Å². The first kappa shape index (κ1) is 16.8. The Kier molecular flexibility index (Phi) is 4.84. The Labute approximate surface area is 148 Å². The largest absolute Gasteiger partial charge is 0.363 e. The van der Waals surface area contributed by atoms with Crippen molar-refractivity contribution in [3.8, 4) is 0 Å². The molecule has 2 N–H and O–H groups in total. The summed E-state index contributed by atoms with van der Waals surface area (Å²) in [5, 5.41) is 6.62. The lowest BCUT2D eigenvalue weighted by molar-refractivity contribution is 1.04. The van der Waals surface area contributed by atoms with E-state index in [2.05, 4.69) is 58.7 Å². The highest BCUT2D eigenvalue weighted by molar-refractivity contribution is 5.64. The molecule has 1 heterocycles. The zero-order valence-corrected chi connectivity index (χ0v) is 15.0. The minimum absolute atomic E-state index is 0.560. The average molecular weight is 333 g/mol. The maximum atomic E-state index is 4.59. The summed E-state index contributed by atoms with van der Waals surface area (Å²) in [5.74, 6) is 2.14. The molecule has 0 unspecified atom stereocenters. The Morgan fingerprint density at radius 3 is 1.76 bits per heavy atom. The molecule has 1 aromatic heterocycles. The number of hydrogen-bond donors (Lipinski definition) is 2. The van der Waals surface area contributed by atoms with Crippen molar-refractivity contribution < 1.29 is 0 Å². The first-order chi connectivity index (χ1) is 12.0. The van der Waals surface area contributed by atoms with Crippen LogP contribution in [-0.2, 0) is 0 Å². The van der Waals surface area contributed by atoms with Crippen molar-refractivity contribution in [3.05, 3.63) is 65.7 Å². The van der Waals surface area contributed by atoms with Crippen LogP contribution in [0.3, 0.4) is 0 Å². The third kappa shape index (κ3) is 4.47. The molecule has 0 atom stereocenters. The Balaban J connectivity index is 1.88. The number of anilines is 5. The van der Waals surface area contributed by atoms with E-state index in [9.17, 15) is 0 Å². The lowest BCUT2D eigenvalue weighted by Gasteiger charge is -2.16. The predicted molar refractivity (Wildman–Crippen MR) is 105 cm³/mol. The van der Waals surface area contributed by atoms with Gasteiger partial charge in [-0.2, -0.15) is 9.97 Å². The lowest BCUT2D eigenvalue weighted by Crippen LogP contribution is -2.13. The first-order valence-corrected chi connectivity index (χ1v) is 8.23. The van der Waals surface area contributed by atoms with Crippen LogP contribution in [0.5, 0.6) is 0 Å². The molecular weight excluding hydrogens is 310 g/mol. The third-order valence-corrected chi connectivity index (χ3v) is 3.80. The minimum atomic E-state index is 0.560. The Morgan fingerprint density at radius 1 is 0.720 bits per heavy atom. The Morgan fingerprint density at radius 2 is 1.24 bits per heavy atom. The molecule has 0 saturated heterocycles. The second-order valence-electron chi connectivity index (χ2n) is 6.31. The van der Waals surface area contributed by atoms with E-state index in [1.54, 1.807) is 0 Å². The number of rotatable bonds is 5. The van der Waals surface area contributed by atoms with E-state index in [-0.39, 0.29) is 0 Å². The van der Waals surface area contributed by atoms with E-state index in [4.69, 9.17) is 0 Å². The number of nitrogens with zero attached hydrogens (tertiary/aromatic N) is 3. The van der Waals surface area contributed by atoms with Crippen LogP contribution in [-0.4, -0.2) is 24.1 Å². The van der Waals surface area contributed by atoms with Gasteiger partial charge in [0.15, 0.2) is 0 Å². The van der Waals surface area contributed by atoms with Crippen molar-refractivity contribution in [1.82, 2.24) is 9.97 Å². The van der Waals surface area contributed by atoms with Gasteiger partial charge < -0.3 is 15.5 Å². The summed E-state index contributed by atoms with van der Waals surface area (Å²) in [7, 11) is 3.93. The molecule has 0 spiro atoms. The zero-order valence-electron chi connectivity index (χ0n) is 15.0. The highest BCUT2D eigenvalue weighted by Gasteiger charge is 2.07. The molecule has 3 aromatic rings. The molecular formula is C20H23N5. The van der Waals surface area contributed by atoms with Gasteiger partial charge in [-0.1, -0.05) is 35.4 Å². The molecule has 0 fully saturated rings. The molecule has 0 aliphatic carbocycles. The molecule has 5 heteroatoms. The van der Waals surface area contributed by atoms with Crippen molar-refractivity contribution in [2.45, 2.75) is 13.8 Å². The van der Waals surface area contributed by atoms with Gasteiger partial charge in [0.05, 0.1) is 0 Å². The van der Waals surface area contributed by atoms with Gasteiger partial charge in [0.25, 0.3) is 0 Å². The van der Waals surface area contributed by atoms with Gasteiger partial charge in [0.1, 0.15) is 11.6 Å².